The van der Waals surface area contributed by atoms with E-state index in [9.17, 15) is 13.6 Å². The molecule has 1 aromatic rings. The molecule has 0 saturated carbocycles. The zero-order valence-corrected chi connectivity index (χ0v) is 10.4. The Kier molecular flexibility index (Phi) is 4.86. The minimum Gasteiger partial charge on any atom is -0.341 e. The molecule has 0 radical (unpaired) electrons. The van der Waals surface area contributed by atoms with E-state index >= 15 is 0 Å². The van der Waals surface area contributed by atoms with Crippen LogP contribution in [0.4, 0.5) is 8.78 Å². The van der Waals surface area contributed by atoms with Gasteiger partial charge in [-0.25, -0.2) is 8.78 Å². The van der Waals surface area contributed by atoms with E-state index in [0.29, 0.717) is 17.3 Å². The van der Waals surface area contributed by atoms with E-state index in [2.05, 4.69) is 15.9 Å². The smallest absolute Gasteiger partial charge is 0.223 e. The van der Waals surface area contributed by atoms with Crippen molar-refractivity contribution in [1.29, 1.82) is 0 Å². The molecule has 0 aliphatic heterocycles. The molecule has 1 rings (SSSR count). The SMILES string of the molecule is CN(Cc1ccc(F)c(F)c1)C(=O)CCBr. The first-order valence-corrected chi connectivity index (χ1v) is 5.90. The van der Waals surface area contributed by atoms with Crippen molar-refractivity contribution in [2.45, 2.75) is 13.0 Å². The van der Waals surface area contributed by atoms with Crippen LogP contribution in [-0.2, 0) is 11.3 Å². The summed E-state index contributed by atoms with van der Waals surface area (Å²) in [4.78, 5) is 12.9. The lowest BCUT2D eigenvalue weighted by Gasteiger charge is -2.16. The van der Waals surface area contributed by atoms with Crippen molar-refractivity contribution in [3.8, 4) is 0 Å². The largest absolute Gasteiger partial charge is 0.341 e. The molecular weight excluding hydrogens is 280 g/mol. The standard InChI is InChI=1S/C11H12BrF2NO/c1-15(11(16)4-5-12)7-8-2-3-9(13)10(14)6-8/h2-3,6H,4-5,7H2,1H3. The van der Waals surface area contributed by atoms with Crippen LogP contribution in [0, 0.1) is 11.6 Å². The minimum atomic E-state index is -0.890. The summed E-state index contributed by atoms with van der Waals surface area (Å²) in [5.74, 6) is -1.81. The Bertz CT molecular complexity index is 384. The average Bonchev–Trinajstić information content (AvgIpc) is 2.24. The van der Waals surface area contributed by atoms with Crippen molar-refractivity contribution < 1.29 is 13.6 Å². The summed E-state index contributed by atoms with van der Waals surface area (Å²) in [6, 6.07) is 3.64. The highest BCUT2D eigenvalue weighted by molar-refractivity contribution is 9.09. The molecule has 0 aliphatic carbocycles. The van der Waals surface area contributed by atoms with E-state index in [-0.39, 0.29) is 12.5 Å². The van der Waals surface area contributed by atoms with Crippen LogP contribution < -0.4 is 0 Å². The highest BCUT2D eigenvalue weighted by Gasteiger charge is 2.09. The lowest BCUT2D eigenvalue weighted by Crippen LogP contribution is -2.26. The maximum atomic E-state index is 12.9. The number of hydrogen-bond acceptors (Lipinski definition) is 1. The van der Waals surface area contributed by atoms with E-state index in [0.717, 1.165) is 12.1 Å². The quantitative estimate of drug-likeness (QED) is 0.781. The predicted octanol–water partition coefficient (Wildman–Crippen LogP) is 2.71. The fourth-order valence-corrected chi connectivity index (χ4v) is 1.61. The molecule has 0 fully saturated rings. The first kappa shape index (κ1) is 13.1. The Balaban J connectivity index is 2.66. The van der Waals surface area contributed by atoms with Crippen molar-refractivity contribution in [1.82, 2.24) is 4.90 Å². The Morgan fingerprint density at radius 1 is 1.38 bits per heavy atom. The van der Waals surface area contributed by atoms with Crippen LogP contribution in [0.2, 0.25) is 0 Å². The molecule has 0 heterocycles. The van der Waals surface area contributed by atoms with Gasteiger partial charge in [-0.2, -0.15) is 0 Å². The second kappa shape index (κ2) is 5.94. The monoisotopic (exact) mass is 291 g/mol. The number of hydrogen-bond donors (Lipinski definition) is 0. The summed E-state index contributed by atoms with van der Waals surface area (Å²) >= 11 is 3.17. The third-order valence-electron chi connectivity index (χ3n) is 2.14. The highest BCUT2D eigenvalue weighted by Crippen LogP contribution is 2.11. The van der Waals surface area contributed by atoms with Crippen molar-refractivity contribution in [3.63, 3.8) is 0 Å². The number of halogens is 3. The lowest BCUT2D eigenvalue weighted by molar-refractivity contribution is -0.129. The Labute approximate surface area is 101 Å². The first-order valence-electron chi connectivity index (χ1n) is 4.78. The van der Waals surface area contributed by atoms with Gasteiger partial charge >= 0.3 is 0 Å². The van der Waals surface area contributed by atoms with E-state index in [1.54, 1.807) is 7.05 Å². The Hall–Kier alpha value is -0.970. The summed E-state index contributed by atoms with van der Waals surface area (Å²) in [5, 5.41) is 0.591. The number of nitrogens with zero attached hydrogens (tertiary/aromatic N) is 1. The summed E-state index contributed by atoms with van der Waals surface area (Å²) in [7, 11) is 1.63. The molecule has 1 aromatic carbocycles. The van der Waals surface area contributed by atoms with E-state index in [1.807, 2.05) is 0 Å². The topological polar surface area (TPSA) is 20.3 Å². The van der Waals surface area contributed by atoms with Gasteiger partial charge in [-0.3, -0.25) is 4.79 Å². The van der Waals surface area contributed by atoms with E-state index in [1.165, 1.54) is 11.0 Å². The number of benzene rings is 1. The van der Waals surface area contributed by atoms with Crippen LogP contribution in [0.3, 0.4) is 0 Å². The van der Waals surface area contributed by atoms with Gasteiger partial charge in [0.2, 0.25) is 5.91 Å². The van der Waals surface area contributed by atoms with Crippen LogP contribution >= 0.6 is 15.9 Å². The van der Waals surface area contributed by atoms with Crippen molar-refractivity contribution in [2.24, 2.45) is 0 Å². The molecule has 0 atom stereocenters. The molecule has 0 aliphatic rings. The minimum absolute atomic E-state index is 0.0402. The first-order chi connectivity index (χ1) is 7.54. The molecule has 0 unspecified atom stereocenters. The molecule has 0 aromatic heterocycles. The number of rotatable bonds is 4. The van der Waals surface area contributed by atoms with Crippen LogP contribution in [0.1, 0.15) is 12.0 Å². The van der Waals surface area contributed by atoms with E-state index in [4.69, 9.17) is 0 Å². The molecular formula is C11H12BrF2NO. The molecule has 0 bridgehead atoms. The van der Waals surface area contributed by atoms with Crippen LogP contribution in [0.25, 0.3) is 0 Å². The molecule has 0 spiro atoms. The molecule has 1 amide bonds. The van der Waals surface area contributed by atoms with Crippen molar-refractivity contribution in [2.75, 3.05) is 12.4 Å². The molecule has 0 N–H and O–H groups in total. The second-order valence-corrected chi connectivity index (χ2v) is 4.23. The Morgan fingerprint density at radius 2 is 2.06 bits per heavy atom. The third kappa shape index (κ3) is 3.56. The van der Waals surface area contributed by atoms with Gasteiger partial charge in [0.25, 0.3) is 0 Å². The van der Waals surface area contributed by atoms with Crippen molar-refractivity contribution in [3.05, 3.63) is 35.4 Å². The molecule has 5 heteroatoms. The van der Waals surface area contributed by atoms with Crippen LogP contribution in [0.15, 0.2) is 18.2 Å². The van der Waals surface area contributed by atoms with Gasteiger partial charge in [0.05, 0.1) is 0 Å². The van der Waals surface area contributed by atoms with Gasteiger partial charge < -0.3 is 4.90 Å². The number of carbonyl (C=O) groups is 1. The van der Waals surface area contributed by atoms with Gasteiger partial charge in [0.1, 0.15) is 0 Å². The highest BCUT2D eigenvalue weighted by atomic mass is 79.9. The average molecular weight is 292 g/mol. The molecule has 16 heavy (non-hydrogen) atoms. The Morgan fingerprint density at radius 3 is 2.62 bits per heavy atom. The molecule has 0 saturated heterocycles. The maximum Gasteiger partial charge on any atom is 0.223 e. The normalized spacial score (nSPS) is 10.2. The second-order valence-electron chi connectivity index (χ2n) is 3.44. The lowest BCUT2D eigenvalue weighted by atomic mass is 10.2. The van der Waals surface area contributed by atoms with Gasteiger partial charge in [0, 0.05) is 25.3 Å². The number of amides is 1. The fraction of sp³-hybridized carbons (Fsp3) is 0.364. The summed E-state index contributed by atoms with van der Waals surface area (Å²) in [6.45, 7) is 0.281. The molecule has 2 nitrogen and oxygen atoms in total. The summed E-state index contributed by atoms with van der Waals surface area (Å²) in [6.07, 6.45) is 0.389. The number of carbonyl (C=O) groups excluding carboxylic acids is 1. The fourth-order valence-electron chi connectivity index (χ4n) is 1.27. The number of alkyl halides is 1. The van der Waals surface area contributed by atoms with Gasteiger partial charge in [-0.15, -0.1) is 0 Å². The van der Waals surface area contributed by atoms with Gasteiger partial charge in [0.15, 0.2) is 11.6 Å². The van der Waals surface area contributed by atoms with Gasteiger partial charge in [-0.1, -0.05) is 22.0 Å². The zero-order valence-electron chi connectivity index (χ0n) is 8.84. The predicted molar refractivity (Wildman–Crippen MR) is 61.2 cm³/mol. The summed E-state index contributed by atoms with van der Waals surface area (Å²) < 4.78 is 25.5. The van der Waals surface area contributed by atoms with E-state index < -0.39 is 11.6 Å². The van der Waals surface area contributed by atoms with Crippen molar-refractivity contribution >= 4 is 21.8 Å². The third-order valence-corrected chi connectivity index (χ3v) is 2.53. The van der Waals surface area contributed by atoms with Crippen LogP contribution in [-0.4, -0.2) is 23.2 Å². The van der Waals surface area contributed by atoms with Gasteiger partial charge in [-0.05, 0) is 17.7 Å². The molecule has 88 valence electrons. The summed E-state index contributed by atoms with van der Waals surface area (Å²) in [5.41, 5.74) is 0.573. The maximum absolute atomic E-state index is 12.9. The zero-order chi connectivity index (χ0) is 12.1. The van der Waals surface area contributed by atoms with Crippen LogP contribution in [0.5, 0.6) is 0 Å².